The van der Waals surface area contributed by atoms with Gasteiger partial charge in [0.15, 0.2) is 0 Å². The van der Waals surface area contributed by atoms with Crippen molar-refractivity contribution in [2.45, 2.75) is 19.8 Å². The number of ether oxygens (including phenoxy) is 2. The molecule has 0 amide bonds. The van der Waals surface area contributed by atoms with Crippen molar-refractivity contribution >= 4 is 31.7 Å². The van der Waals surface area contributed by atoms with Crippen LogP contribution in [0.5, 0.6) is 0 Å². The molecule has 0 aliphatic heterocycles. The van der Waals surface area contributed by atoms with Crippen LogP contribution in [0.3, 0.4) is 0 Å². The van der Waals surface area contributed by atoms with Crippen molar-refractivity contribution in [1.29, 1.82) is 0 Å². The lowest BCUT2D eigenvalue weighted by atomic mass is 10.3. The van der Waals surface area contributed by atoms with Crippen molar-refractivity contribution < 1.29 is 33.3 Å². The van der Waals surface area contributed by atoms with Gasteiger partial charge in [0.25, 0.3) is 5.97 Å². The van der Waals surface area contributed by atoms with Crippen LogP contribution in [0.15, 0.2) is 0 Å². The first-order valence-corrected chi connectivity index (χ1v) is 4.33. The van der Waals surface area contributed by atoms with Gasteiger partial charge in [-0.1, -0.05) is 0 Å². The topological polar surface area (TPSA) is 96.0 Å². The van der Waals surface area contributed by atoms with Crippen LogP contribution in [0.2, 0.25) is 0 Å². The van der Waals surface area contributed by atoms with Gasteiger partial charge in [0.1, 0.15) is 18.6 Å². The zero-order valence-electron chi connectivity index (χ0n) is 8.98. The standard InChI is InChI=1S/C8H11BO7/c1-5(10)2-6(11)14-4-15-7(12)3-8(13)16-9/h2-4,9H2,1H3. The molecular formula is C8H11BO7. The SMILES string of the molecule is BOC(=O)CC(=O)OCOC(=O)CC(C)=O. The Morgan fingerprint density at radius 3 is 1.88 bits per heavy atom. The minimum atomic E-state index is -0.873. The highest BCUT2D eigenvalue weighted by atomic mass is 16.7. The van der Waals surface area contributed by atoms with Gasteiger partial charge in [-0.15, -0.1) is 0 Å². The molecule has 0 aromatic rings. The Hall–Kier alpha value is -1.86. The number of hydrogen-bond acceptors (Lipinski definition) is 7. The molecule has 0 saturated carbocycles. The first kappa shape index (κ1) is 14.1. The lowest BCUT2D eigenvalue weighted by Crippen LogP contribution is -2.17. The van der Waals surface area contributed by atoms with Crippen molar-refractivity contribution in [1.82, 2.24) is 0 Å². The number of carbonyl (C=O) groups excluding carboxylic acids is 4. The predicted molar refractivity (Wildman–Crippen MR) is 51.6 cm³/mol. The Bertz CT molecular complexity index is 299. The van der Waals surface area contributed by atoms with E-state index in [-0.39, 0.29) is 12.2 Å². The Kier molecular flexibility index (Phi) is 6.58. The third-order valence-corrected chi connectivity index (χ3v) is 1.35. The molecule has 0 heterocycles. The second-order valence-electron chi connectivity index (χ2n) is 2.78. The van der Waals surface area contributed by atoms with E-state index >= 15 is 0 Å². The molecule has 8 heteroatoms. The maximum atomic E-state index is 10.8. The van der Waals surface area contributed by atoms with E-state index in [2.05, 4.69) is 14.1 Å². The molecule has 16 heavy (non-hydrogen) atoms. The molecule has 0 unspecified atom stereocenters. The van der Waals surface area contributed by atoms with Gasteiger partial charge in [-0.05, 0) is 6.92 Å². The quantitative estimate of drug-likeness (QED) is 0.237. The van der Waals surface area contributed by atoms with Gasteiger partial charge in [0.05, 0.1) is 0 Å². The minimum Gasteiger partial charge on any atom is -0.543 e. The number of hydrogen-bond donors (Lipinski definition) is 0. The monoisotopic (exact) mass is 230 g/mol. The summed E-state index contributed by atoms with van der Waals surface area (Å²) in [5.74, 6) is -2.77. The first-order valence-electron chi connectivity index (χ1n) is 4.33. The van der Waals surface area contributed by atoms with Crippen LogP contribution in [0.25, 0.3) is 0 Å². The summed E-state index contributed by atoms with van der Waals surface area (Å²) in [5.41, 5.74) is 0. The molecule has 0 fully saturated rings. The number of ketones is 1. The second-order valence-corrected chi connectivity index (χ2v) is 2.78. The summed E-state index contributed by atoms with van der Waals surface area (Å²) in [4.78, 5) is 42.7. The van der Waals surface area contributed by atoms with E-state index < -0.39 is 31.1 Å². The third kappa shape index (κ3) is 7.54. The summed E-state index contributed by atoms with van der Waals surface area (Å²) in [5, 5.41) is 0. The molecule has 0 aliphatic rings. The van der Waals surface area contributed by atoms with Gasteiger partial charge in [0.2, 0.25) is 6.79 Å². The fourth-order valence-corrected chi connectivity index (χ4v) is 0.656. The Balaban J connectivity index is 3.66. The predicted octanol–water partition coefficient (Wildman–Crippen LogP) is -1.51. The zero-order valence-corrected chi connectivity index (χ0v) is 8.98. The van der Waals surface area contributed by atoms with Crippen LogP contribution >= 0.6 is 0 Å². The molecule has 0 bridgehead atoms. The van der Waals surface area contributed by atoms with Crippen molar-refractivity contribution in [2.75, 3.05) is 6.79 Å². The summed E-state index contributed by atoms with van der Waals surface area (Å²) < 4.78 is 13.0. The smallest absolute Gasteiger partial charge is 0.325 e. The molecule has 0 rings (SSSR count). The van der Waals surface area contributed by atoms with Crippen LogP contribution in [0.4, 0.5) is 0 Å². The number of rotatable bonds is 6. The summed E-state index contributed by atoms with van der Waals surface area (Å²) >= 11 is 0. The molecular weight excluding hydrogens is 219 g/mol. The van der Waals surface area contributed by atoms with E-state index in [9.17, 15) is 19.2 Å². The summed E-state index contributed by atoms with van der Waals surface area (Å²) in [6.07, 6.45) is -0.935. The fraction of sp³-hybridized carbons (Fsp3) is 0.500. The molecule has 0 atom stereocenters. The van der Waals surface area contributed by atoms with E-state index in [1.54, 1.807) is 0 Å². The number of Topliss-reactive ketones (excluding diaryl/α,β-unsaturated/α-hetero) is 1. The van der Waals surface area contributed by atoms with Crippen molar-refractivity contribution in [3.05, 3.63) is 0 Å². The van der Waals surface area contributed by atoms with Crippen molar-refractivity contribution in [2.24, 2.45) is 0 Å². The molecule has 0 spiro atoms. The summed E-state index contributed by atoms with van der Waals surface area (Å²) in [6.45, 7) is 0.604. The normalized spacial score (nSPS) is 9.06. The average Bonchev–Trinajstić information content (AvgIpc) is 2.16. The van der Waals surface area contributed by atoms with Crippen LogP contribution < -0.4 is 0 Å². The van der Waals surface area contributed by atoms with Crippen LogP contribution in [0.1, 0.15) is 19.8 Å². The maximum Gasteiger partial charge on any atom is 0.325 e. The molecule has 88 valence electrons. The third-order valence-electron chi connectivity index (χ3n) is 1.35. The van der Waals surface area contributed by atoms with E-state index in [4.69, 9.17) is 0 Å². The highest BCUT2D eigenvalue weighted by molar-refractivity contribution is 6.08. The number of carbonyl (C=O) groups is 4. The van der Waals surface area contributed by atoms with Gasteiger partial charge < -0.3 is 14.1 Å². The molecule has 0 N–H and O–H groups in total. The van der Waals surface area contributed by atoms with Crippen LogP contribution in [-0.4, -0.2) is 38.5 Å². The molecule has 0 aromatic carbocycles. The summed E-state index contributed by atoms with van der Waals surface area (Å²) in [7, 11) is 1.13. The van der Waals surface area contributed by atoms with E-state index in [0.717, 1.165) is 8.05 Å². The lowest BCUT2D eigenvalue weighted by molar-refractivity contribution is -0.168. The van der Waals surface area contributed by atoms with Gasteiger partial charge >= 0.3 is 20.0 Å². The fourth-order valence-electron chi connectivity index (χ4n) is 0.656. The highest BCUT2D eigenvalue weighted by Crippen LogP contribution is 1.92. The van der Waals surface area contributed by atoms with Crippen molar-refractivity contribution in [3.8, 4) is 0 Å². The zero-order chi connectivity index (χ0) is 12.6. The molecule has 0 aromatic heterocycles. The Morgan fingerprint density at radius 2 is 1.44 bits per heavy atom. The summed E-state index contributed by atoms with van der Waals surface area (Å²) in [6, 6.07) is 0. The van der Waals surface area contributed by atoms with Gasteiger partial charge in [-0.2, -0.15) is 0 Å². The van der Waals surface area contributed by atoms with Crippen LogP contribution in [-0.2, 0) is 33.3 Å². The Morgan fingerprint density at radius 1 is 0.938 bits per heavy atom. The van der Waals surface area contributed by atoms with Gasteiger partial charge in [0, 0.05) is 0 Å². The molecule has 0 aliphatic carbocycles. The van der Waals surface area contributed by atoms with E-state index in [1.807, 2.05) is 0 Å². The second kappa shape index (κ2) is 7.44. The lowest BCUT2D eigenvalue weighted by Gasteiger charge is -2.04. The number of esters is 2. The molecule has 7 nitrogen and oxygen atoms in total. The largest absolute Gasteiger partial charge is 0.543 e. The highest BCUT2D eigenvalue weighted by Gasteiger charge is 2.11. The van der Waals surface area contributed by atoms with Gasteiger partial charge in [-0.3, -0.25) is 19.2 Å². The molecule has 0 radical (unpaired) electrons. The van der Waals surface area contributed by atoms with Gasteiger partial charge in [-0.25, -0.2) is 0 Å². The van der Waals surface area contributed by atoms with Crippen molar-refractivity contribution in [3.63, 3.8) is 0 Å². The maximum absolute atomic E-state index is 10.8. The first-order chi connectivity index (χ1) is 7.45. The minimum absolute atomic E-state index is 0.356. The average molecular weight is 230 g/mol. The van der Waals surface area contributed by atoms with E-state index in [1.165, 1.54) is 6.92 Å². The van der Waals surface area contributed by atoms with E-state index in [0.29, 0.717) is 0 Å². The Labute approximate surface area is 92.5 Å². The van der Waals surface area contributed by atoms with Crippen LogP contribution in [0, 0.1) is 0 Å². The molecule has 0 saturated heterocycles.